The standard InChI is InChI=1S/C38H37ClN4O4S/c1-2-47-38(46)30-14-9-19-40-36(30)48-24-33(42-35(44)32-23-28-22-29(39)15-16-31(28)41-32)37(45)43-20-17-27(18-21-43)34(25-10-5-3-6-11-25)26-12-7-4-8-13-26/h3-16,19,22-23,27,33-34,41H,2,17-18,20-21,24H2,1H3,(H,42,44). The summed E-state index contributed by atoms with van der Waals surface area (Å²) in [4.78, 5) is 49.8. The number of amides is 2. The van der Waals surface area contributed by atoms with Gasteiger partial charge in [0.2, 0.25) is 5.91 Å². The van der Waals surface area contributed by atoms with Crippen LogP contribution in [0.15, 0.2) is 108 Å². The zero-order valence-electron chi connectivity index (χ0n) is 26.6. The fraction of sp³-hybridized carbons (Fsp3) is 0.263. The molecule has 0 saturated carbocycles. The van der Waals surface area contributed by atoms with Crippen molar-refractivity contribution in [3.8, 4) is 0 Å². The Bertz CT molecular complexity index is 1840. The molecule has 48 heavy (non-hydrogen) atoms. The van der Waals surface area contributed by atoms with Crippen molar-refractivity contribution < 1.29 is 19.1 Å². The number of likely N-dealkylation sites (tertiary alicyclic amines) is 1. The quantitative estimate of drug-likeness (QED) is 0.112. The van der Waals surface area contributed by atoms with E-state index in [1.807, 2.05) is 23.1 Å². The maximum atomic E-state index is 14.2. The van der Waals surface area contributed by atoms with Crippen LogP contribution < -0.4 is 5.32 Å². The number of piperidine rings is 1. The van der Waals surface area contributed by atoms with Gasteiger partial charge in [-0.2, -0.15) is 0 Å². The lowest BCUT2D eigenvalue weighted by molar-refractivity contribution is -0.134. The number of thioether (sulfide) groups is 1. The van der Waals surface area contributed by atoms with Crippen LogP contribution in [-0.2, 0) is 9.53 Å². The van der Waals surface area contributed by atoms with E-state index in [1.54, 1.807) is 43.5 Å². The summed E-state index contributed by atoms with van der Waals surface area (Å²) in [6.07, 6.45) is 3.24. The molecule has 1 saturated heterocycles. The van der Waals surface area contributed by atoms with Gasteiger partial charge < -0.3 is 19.9 Å². The third-order valence-corrected chi connectivity index (χ3v) is 10.1. The molecule has 8 nitrogen and oxygen atoms in total. The van der Waals surface area contributed by atoms with Gasteiger partial charge >= 0.3 is 5.97 Å². The van der Waals surface area contributed by atoms with Crippen molar-refractivity contribution in [1.29, 1.82) is 0 Å². The number of ether oxygens (including phenoxy) is 1. The van der Waals surface area contributed by atoms with Crippen LogP contribution in [-0.4, -0.2) is 64.1 Å². The molecule has 1 aliphatic heterocycles. The molecule has 0 bridgehead atoms. The normalized spacial score (nSPS) is 14.2. The zero-order valence-corrected chi connectivity index (χ0v) is 28.2. The number of benzene rings is 3. The Hall–Kier alpha value is -4.60. The van der Waals surface area contributed by atoms with Crippen molar-refractivity contribution in [3.63, 3.8) is 0 Å². The highest BCUT2D eigenvalue weighted by Gasteiger charge is 2.34. The summed E-state index contributed by atoms with van der Waals surface area (Å²) < 4.78 is 5.22. The van der Waals surface area contributed by atoms with E-state index in [2.05, 4.69) is 63.8 Å². The minimum absolute atomic E-state index is 0.168. The first-order chi connectivity index (χ1) is 23.4. The summed E-state index contributed by atoms with van der Waals surface area (Å²) in [6, 6.07) is 30.6. The van der Waals surface area contributed by atoms with Crippen molar-refractivity contribution in [3.05, 3.63) is 131 Å². The fourth-order valence-electron chi connectivity index (χ4n) is 6.40. The zero-order chi connectivity index (χ0) is 33.5. The molecule has 0 spiro atoms. The van der Waals surface area contributed by atoms with Gasteiger partial charge in [0.25, 0.3) is 5.91 Å². The van der Waals surface area contributed by atoms with E-state index in [0.29, 0.717) is 40.3 Å². The predicted octanol–water partition coefficient (Wildman–Crippen LogP) is 7.35. The lowest BCUT2D eigenvalue weighted by atomic mass is 9.76. The van der Waals surface area contributed by atoms with Crippen LogP contribution >= 0.6 is 23.4 Å². The molecule has 5 aromatic rings. The monoisotopic (exact) mass is 680 g/mol. The van der Waals surface area contributed by atoms with Gasteiger partial charge in [-0.1, -0.05) is 72.3 Å². The molecule has 246 valence electrons. The minimum atomic E-state index is -0.870. The number of hydrogen-bond acceptors (Lipinski definition) is 6. The molecule has 1 atom stereocenters. The summed E-state index contributed by atoms with van der Waals surface area (Å²) in [5, 5.41) is 4.78. The van der Waals surface area contributed by atoms with Gasteiger partial charge in [-0.3, -0.25) is 9.59 Å². The Morgan fingerprint density at radius 1 is 0.958 bits per heavy atom. The van der Waals surface area contributed by atoms with Gasteiger partial charge in [-0.15, -0.1) is 11.8 Å². The van der Waals surface area contributed by atoms with E-state index in [1.165, 1.54) is 22.9 Å². The number of carbonyl (C=O) groups excluding carboxylic acids is 3. The molecule has 2 N–H and O–H groups in total. The molecule has 0 aliphatic carbocycles. The van der Waals surface area contributed by atoms with E-state index in [-0.39, 0.29) is 24.2 Å². The van der Waals surface area contributed by atoms with E-state index >= 15 is 0 Å². The molecular weight excluding hydrogens is 644 g/mol. The number of pyridine rings is 1. The lowest BCUT2D eigenvalue weighted by Crippen LogP contribution is -2.52. The molecule has 3 aromatic carbocycles. The Balaban J connectivity index is 1.21. The summed E-state index contributed by atoms with van der Waals surface area (Å²) >= 11 is 7.41. The Kier molecular flexibility index (Phi) is 10.8. The van der Waals surface area contributed by atoms with Gasteiger partial charge in [0.1, 0.15) is 16.8 Å². The highest BCUT2D eigenvalue weighted by Crippen LogP contribution is 2.38. The lowest BCUT2D eigenvalue weighted by Gasteiger charge is -2.38. The third-order valence-electron chi connectivity index (χ3n) is 8.72. The minimum Gasteiger partial charge on any atom is -0.462 e. The number of fused-ring (bicyclic) bond motifs is 1. The smallest absolute Gasteiger partial charge is 0.340 e. The second kappa shape index (κ2) is 15.5. The molecule has 1 aliphatic rings. The molecule has 1 fully saturated rings. The molecule has 2 amide bonds. The van der Waals surface area contributed by atoms with Gasteiger partial charge in [-0.05, 0) is 73.2 Å². The van der Waals surface area contributed by atoms with Crippen LogP contribution in [0.1, 0.15) is 57.7 Å². The highest BCUT2D eigenvalue weighted by molar-refractivity contribution is 7.99. The van der Waals surface area contributed by atoms with Crippen LogP contribution in [0.2, 0.25) is 5.02 Å². The number of nitrogens with one attached hydrogen (secondary N) is 2. The number of rotatable bonds is 11. The average molecular weight is 681 g/mol. The average Bonchev–Trinajstić information content (AvgIpc) is 3.55. The van der Waals surface area contributed by atoms with E-state index < -0.39 is 17.9 Å². The van der Waals surface area contributed by atoms with Gasteiger partial charge in [0.15, 0.2) is 0 Å². The summed E-state index contributed by atoms with van der Waals surface area (Å²) in [7, 11) is 0. The predicted molar refractivity (Wildman–Crippen MR) is 190 cm³/mol. The van der Waals surface area contributed by atoms with Crippen LogP contribution in [0.25, 0.3) is 10.9 Å². The third kappa shape index (κ3) is 7.75. The largest absolute Gasteiger partial charge is 0.462 e. The second-order valence-corrected chi connectivity index (χ2v) is 13.2. The topological polar surface area (TPSA) is 104 Å². The van der Waals surface area contributed by atoms with Crippen molar-refractivity contribution in [2.24, 2.45) is 5.92 Å². The van der Waals surface area contributed by atoms with Crippen LogP contribution in [0.5, 0.6) is 0 Å². The summed E-state index contributed by atoms with van der Waals surface area (Å²) in [6.45, 7) is 3.11. The van der Waals surface area contributed by atoms with Crippen LogP contribution in [0.3, 0.4) is 0 Å². The SMILES string of the molecule is CCOC(=O)c1cccnc1SCC(NC(=O)c1cc2cc(Cl)ccc2[nH]1)C(=O)N1CCC(C(c2ccccc2)c2ccccc2)CC1. The summed E-state index contributed by atoms with van der Waals surface area (Å²) in [5.74, 6) is -0.313. The van der Waals surface area contributed by atoms with Crippen molar-refractivity contribution in [1.82, 2.24) is 20.2 Å². The van der Waals surface area contributed by atoms with E-state index in [0.717, 1.165) is 23.7 Å². The second-order valence-electron chi connectivity index (χ2n) is 11.8. The first-order valence-electron chi connectivity index (χ1n) is 16.1. The van der Waals surface area contributed by atoms with Crippen LogP contribution in [0.4, 0.5) is 0 Å². The highest BCUT2D eigenvalue weighted by atomic mass is 35.5. The molecule has 2 aromatic heterocycles. The Morgan fingerprint density at radius 3 is 2.31 bits per heavy atom. The van der Waals surface area contributed by atoms with Crippen LogP contribution in [0, 0.1) is 5.92 Å². The maximum Gasteiger partial charge on any atom is 0.340 e. The maximum absolute atomic E-state index is 14.2. The molecule has 0 radical (unpaired) electrons. The first-order valence-corrected chi connectivity index (χ1v) is 17.5. The number of esters is 1. The Labute approximate surface area is 289 Å². The van der Waals surface area contributed by atoms with Gasteiger partial charge in [0.05, 0.1) is 12.2 Å². The van der Waals surface area contributed by atoms with Crippen molar-refractivity contribution in [2.75, 3.05) is 25.4 Å². The van der Waals surface area contributed by atoms with E-state index in [9.17, 15) is 14.4 Å². The first kappa shape index (κ1) is 33.3. The van der Waals surface area contributed by atoms with Crippen molar-refractivity contribution >= 4 is 52.0 Å². The number of H-pyrrole nitrogens is 1. The van der Waals surface area contributed by atoms with Gasteiger partial charge in [0, 0.05) is 46.9 Å². The molecule has 3 heterocycles. The number of aromatic nitrogens is 2. The van der Waals surface area contributed by atoms with E-state index in [4.69, 9.17) is 16.3 Å². The number of hydrogen-bond donors (Lipinski definition) is 2. The molecule has 1 unspecified atom stereocenters. The van der Waals surface area contributed by atoms with Crippen molar-refractivity contribution in [2.45, 2.75) is 36.8 Å². The number of nitrogens with zero attached hydrogens (tertiary/aromatic N) is 2. The summed E-state index contributed by atoms with van der Waals surface area (Å²) in [5.41, 5.74) is 3.95. The molecular formula is C38H37ClN4O4S. The Morgan fingerprint density at radius 2 is 1.65 bits per heavy atom. The number of halogens is 1. The number of aromatic amines is 1. The number of carbonyl (C=O) groups is 3. The van der Waals surface area contributed by atoms with Gasteiger partial charge in [-0.25, -0.2) is 9.78 Å². The molecule has 10 heteroatoms. The molecule has 6 rings (SSSR count). The fourth-order valence-corrected chi connectivity index (χ4v) is 7.57.